The fourth-order valence-electron chi connectivity index (χ4n) is 6.86. The number of amides is 2. The molecule has 2 amide bonds. The van der Waals surface area contributed by atoms with Gasteiger partial charge in [0, 0.05) is 23.9 Å². The van der Waals surface area contributed by atoms with Crippen LogP contribution in [0.25, 0.3) is 0 Å². The largest absolute Gasteiger partial charge is 0.497 e. The maximum Gasteiger partial charge on any atom is 0.416 e. The van der Waals surface area contributed by atoms with Crippen molar-refractivity contribution in [3.8, 4) is 17.2 Å². The molecule has 9 nitrogen and oxygen atoms in total. The molecule has 3 N–H and O–H groups in total. The second-order valence-electron chi connectivity index (χ2n) is 11.7. The molecule has 44 heavy (non-hydrogen) atoms. The highest BCUT2D eigenvalue weighted by Gasteiger charge is 2.51. The Morgan fingerprint density at radius 3 is 2.23 bits per heavy atom. The Bertz CT molecular complexity index is 1420. The van der Waals surface area contributed by atoms with Crippen LogP contribution >= 0.6 is 0 Å². The number of hydrogen-bond acceptors (Lipinski definition) is 6. The van der Waals surface area contributed by atoms with Crippen molar-refractivity contribution in [1.29, 1.82) is 0 Å². The van der Waals surface area contributed by atoms with Crippen LogP contribution in [0.2, 0.25) is 0 Å². The molecule has 0 aliphatic heterocycles. The van der Waals surface area contributed by atoms with Crippen LogP contribution in [-0.4, -0.2) is 49.3 Å². The molecule has 0 unspecified atom stereocenters. The predicted octanol–water partition coefficient (Wildman–Crippen LogP) is 5.67. The first-order chi connectivity index (χ1) is 20.9. The first-order valence-corrected chi connectivity index (χ1v) is 14.5. The van der Waals surface area contributed by atoms with E-state index in [1.165, 1.54) is 26.4 Å². The fourth-order valence-corrected chi connectivity index (χ4v) is 6.86. The molecule has 238 valence electrons. The van der Waals surface area contributed by atoms with Gasteiger partial charge in [0.05, 0.1) is 43.3 Å². The van der Waals surface area contributed by atoms with Crippen molar-refractivity contribution in [2.75, 3.05) is 19.5 Å². The van der Waals surface area contributed by atoms with Gasteiger partial charge in [-0.2, -0.15) is 13.2 Å². The Kier molecular flexibility index (Phi) is 8.94. The predicted molar refractivity (Wildman–Crippen MR) is 149 cm³/mol. The zero-order valence-corrected chi connectivity index (χ0v) is 24.2. The summed E-state index contributed by atoms with van der Waals surface area (Å²) in [5, 5.41) is 14.7. The molecule has 0 spiro atoms. The van der Waals surface area contributed by atoms with Crippen molar-refractivity contribution < 1.29 is 51.3 Å². The summed E-state index contributed by atoms with van der Waals surface area (Å²) in [5.74, 6) is -4.30. The first-order valence-electron chi connectivity index (χ1n) is 14.5. The number of methoxy groups -OCH3 is 2. The summed E-state index contributed by atoms with van der Waals surface area (Å²) in [7, 11) is 2.52. The molecular weight excluding hydrogens is 588 g/mol. The summed E-state index contributed by atoms with van der Waals surface area (Å²) in [4.78, 5) is 38.3. The van der Waals surface area contributed by atoms with Gasteiger partial charge < -0.3 is 30.0 Å². The highest BCUT2D eigenvalue weighted by Crippen LogP contribution is 2.49. The van der Waals surface area contributed by atoms with E-state index in [1.54, 1.807) is 0 Å². The van der Waals surface area contributed by atoms with Crippen LogP contribution in [0.15, 0.2) is 30.3 Å². The first kappa shape index (κ1) is 31.4. The minimum absolute atomic E-state index is 0.00679. The van der Waals surface area contributed by atoms with Gasteiger partial charge in [0.1, 0.15) is 11.5 Å². The van der Waals surface area contributed by atoms with E-state index in [4.69, 9.17) is 14.2 Å². The molecule has 0 aromatic heterocycles. The number of carboxylic acid groups (broad SMARTS) is 1. The zero-order chi connectivity index (χ0) is 31.8. The van der Waals surface area contributed by atoms with Crippen molar-refractivity contribution in [3.63, 3.8) is 0 Å². The summed E-state index contributed by atoms with van der Waals surface area (Å²) >= 11 is 0. The van der Waals surface area contributed by atoms with Crippen LogP contribution in [0.5, 0.6) is 17.2 Å². The van der Waals surface area contributed by atoms with Gasteiger partial charge >= 0.3 is 12.1 Å². The van der Waals surface area contributed by atoms with Crippen LogP contribution in [0.4, 0.5) is 23.2 Å². The van der Waals surface area contributed by atoms with Gasteiger partial charge in [-0.3, -0.25) is 14.4 Å². The average molecular weight is 623 g/mol. The van der Waals surface area contributed by atoms with E-state index in [0.29, 0.717) is 32.1 Å². The van der Waals surface area contributed by atoms with Crippen molar-refractivity contribution in [2.24, 2.45) is 23.7 Å². The Morgan fingerprint density at radius 1 is 0.886 bits per heavy atom. The Labute approximate surface area is 251 Å². The van der Waals surface area contributed by atoms with Crippen molar-refractivity contribution >= 4 is 23.5 Å². The fraction of sp³-hybridized carbons (Fsp3) is 0.516. The molecule has 0 saturated heterocycles. The third-order valence-electron chi connectivity index (χ3n) is 9.07. The third-order valence-corrected chi connectivity index (χ3v) is 9.07. The third kappa shape index (κ3) is 6.56. The lowest BCUT2D eigenvalue weighted by molar-refractivity contribution is -0.143. The van der Waals surface area contributed by atoms with E-state index in [9.17, 15) is 37.1 Å². The minimum Gasteiger partial charge on any atom is -0.497 e. The van der Waals surface area contributed by atoms with Crippen LogP contribution < -0.4 is 24.8 Å². The highest BCUT2D eigenvalue weighted by atomic mass is 19.4. The lowest BCUT2D eigenvalue weighted by Crippen LogP contribution is -2.48. The summed E-state index contributed by atoms with van der Waals surface area (Å²) in [6.07, 6.45) is -1.26. The van der Waals surface area contributed by atoms with Gasteiger partial charge in [-0.15, -0.1) is 0 Å². The van der Waals surface area contributed by atoms with Gasteiger partial charge in [-0.25, -0.2) is 4.39 Å². The summed E-state index contributed by atoms with van der Waals surface area (Å²) in [5.41, 5.74) is -1.05. The number of halogens is 4. The number of aliphatic carboxylic acids is 1. The van der Waals surface area contributed by atoms with Crippen molar-refractivity contribution in [3.05, 3.63) is 47.3 Å². The van der Waals surface area contributed by atoms with Crippen LogP contribution in [0.3, 0.4) is 0 Å². The number of rotatable bonds is 9. The zero-order valence-electron chi connectivity index (χ0n) is 24.2. The SMILES string of the molecule is COc1cc(NC(=O)[C@H]2[C@@H]3CC[C@@H](C3)[C@H]2NC(=O)c2cc(O[C@H]3CC[C@@H](C(=O)O)CC3)c(F)cc2OC)cc(C(F)(F)F)c1. The number of hydrogen-bond donors (Lipinski definition) is 3. The number of ether oxygens (including phenoxy) is 3. The lowest BCUT2D eigenvalue weighted by atomic mass is 9.83. The van der Waals surface area contributed by atoms with Gasteiger partial charge in [0.15, 0.2) is 11.6 Å². The Balaban J connectivity index is 1.33. The monoisotopic (exact) mass is 622 g/mol. The van der Waals surface area contributed by atoms with Gasteiger partial charge in [0.25, 0.3) is 5.91 Å². The normalized spacial score (nSPS) is 26.1. The number of nitrogens with one attached hydrogen (secondary N) is 2. The highest BCUT2D eigenvalue weighted by molar-refractivity contribution is 5.99. The summed E-state index contributed by atoms with van der Waals surface area (Å²) in [6, 6.07) is 4.64. The van der Waals surface area contributed by atoms with Crippen LogP contribution in [0.1, 0.15) is 60.9 Å². The smallest absolute Gasteiger partial charge is 0.416 e. The Morgan fingerprint density at radius 2 is 1.59 bits per heavy atom. The van der Waals surface area contributed by atoms with E-state index in [-0.39, 0.29) is 40.3 Å². The standard InChI is InChI=1S/C31H34F4N2O7/c1-42-21-11-18(31(33,34)35)10-19(12-21)36-29(39)26-16-3-4-17(9-16)27(26)37-28(38)22-13-25(23(32)14-24(22)43-2)44-20-7-5-15(6-8-20)30(40)41/h10-17,20,26-27H,3-9H2,1-2H3,(H,36,39)(H,37,38)(H,40,41)/t15-,16-,17+,20+,26+,27-/m1/s1. The molecule has 13 heteroatoms. The van der Waals surface area contributed by atoms with Gasteiger partial charge in [-0.05, 0) is 75.0 Å². The Hall–Kier alpha value is -4.03. The number of alkyl halides is 3. The molecule has 4 atom stereocenters. The van der Waals surface area contributed by atoms with Gasteiger partial charge in [-0.1, -0.05) is 0 Å². The molecular formula is C31H34F4N2O7. The second kappa shape index (κ2) is 12.5. The lowest BCUT2D eigenvalue weighted by Gasteiger charge is -2.31. The number of carboxylic acids is 1. The molecule has 3 aliphatic rings. The molecule has 2 bridgehead atoms. The molecule has 3 aliphatic carbocycles. The number of fused-ring (bicyclic) bond motifs is 2. The molecule has 0 heterocycles. The van der Waals surface area contributed by atoms with E-state index in [0.717, 1.165) is 31.0 Å². The summed E-state index contributed by atoms with van der Waals surface area (Å²) in [6.45, 7) is 0. The van der Waals surface area contributed by atoms with Crippen LogP contribution in [0, 0.1) is 29.5 Å². The van der Waals surface area contributed by atoms with E-state index >= 15 is 0 Å². The van der Waals surface area contributed by atoms with Crippen LogP contribution in [-0.2, 0) is 15.8 Å². The molecule has 2 aromatic carbocycles. The summed E-state index contributed by atoms with van der Waals surface area (Å²) < 4.78 is 71.3. The molecule has 0 radical (unpaired) electrons. The molecule has 2 aromatic rings. The molecule has 5 rings (SSSR count). The maximum atomic E-state index is 14.9. The minimum atomic E-state index is -4.65. The van der Waals surface area contributed by atoms with Gasteiger partial charge in [0.2, 0.25) is 5.91 Å². The topological polar surface area (TPSA) is 123 Å². The van der Waals surface area contributed by atoms with E-state index in [1.807, 2.05) is 0 Å². The number of anilines is 1. The van der Waals surface area contributed by atoms with Crippen molar-refractivity contribution in [1.82, 2.24) is 5.32 Å². The number of carbonyl (C=O) groups is 3. The second-order valence-corrected chi connectivity index (χ2v) is 11.7. The quantitative estimate of drug-likeness (QED) is 0.308. The van der Waals surface area contributed by atoms with E-state index < -0.39 is 59.3 Å². The number of carbonyl (C=O) groups excluding carboxylic acids is 2. The van der Waals surface area contributed by atoms with E-state index in [2.05, 4.69) is 10.6 Å². The number of benzene rings is 2. The van der Waals surface area contributed by atoms with Crippen molar-refractivity contribution in [2.45, 2.75) is 63.3 Å². The molecule has 3 fully saturated rings. The average Bonchev–Trinajstić information content (AvgIpc) is 3.59. The molecule has 3 saturated carbocycles. The maximum absolute atomic E-state index is 14.9.